The van der Waals surface area contributed by atoms with Gasteiger partial charge >= 0.3 is 11.9 Å². The van der Waals surface area contributed by atoms with Crippen molar-refractivity contribution in [2.24, 2.45) is 10.8 Å². The van der Waals surface area contributed by atoms with Crippen LogP contribution in [0.2, 0.25) is 0 Å². The molecule has 2 heterocycles. The SMILES string of the molecule is CC(C)(C)CC(=O)OCC1CCCO1.CC(C)(C)CC(=O)OCc1ccccn1. The maximum absolute atomic E-state index is 11.4. The lowest BCUT2D eigenvalue weighted by molar-refractivity contribution is -0.149. The molecular formula is C23H37NO5. The van der Waals surface area contributed by atoms with Crippen molar-refractivity contribution >= 4 is 11.9 Å². The van der Waals surface area contributed by atoms with Crippen molar-refractivity contribution < 1.29 is 23.8 Å². The van der Waals surface area contributed by atoms with Crippen LogP contribution in [0.3, 0.4) is 0 Å². The Hall–Kier alpha value is -1.95. The predicted octanol–water partition coefficient (Wildman–Crippen LogP) is 4.71. The fraction of sp³-hybridized carbons (Fsp3) is 0.696. The van der Waals surface area contributed by atoms with E-state index in [4.69, 9.17) is 14.2 Å². The lowest BCUT2D eigenvalue weighted by Gasteiger charge is -2.17. The number of carbonyl (C=O) groups excluding carboxylic acids is 2. The van der Waals surface area contributed by atoms with E-state index < -0.39 is 0 Å². The third-order valence-corrected chi connectivity index (χ3v) is 3.91. The van der Waals surface area contributed by atoms with Crippen LogP contribution in [0.1, 0.15) is 72.9 Å². The molecule has 6 heteroatoms. The Labute approximate surface area is 175 Å². The van der Waals surface area contributed by atoms with Crippen molar-refractivity contribution in [2.45, 2.75) is 79.9 Å². The fourth-order valence-corrected chi connectivity index (χ4v) is 2.57. The standard InChI is InChI=1S/C12H17NO2.C11H20O3/c1-12(2,3)8-11(14)15-9-10-6-4-5-7-13-10;1-11(2,3)7-10(12)14-8-9-5-4-6-13-9/h4-7H,8-9H2,1-3H3;9H,4-8H2,1-3H3. The minimum Gasteiger partial charge on any atom is -0.463 e. The summed E-state index contributed by atoms with van der Waals surface area (Å²) in [6.45, 7) is 13.6. The second kappa shape index (κ2) is 11.9. The molecule has 0 aromatic carbocycles. The smallest absolute Gasteiger partial charge is 0.306 e. The van der Waals surface area contributed by atoms with E-state index in [1.54, 1.807) is 6.20 Å². The van der Waals surface area contributed by atoms with E-state index >= 15 is 0 Å². The molecule has 1 fully saturated rings. The number of nitrogens with zero attached hydrogens (tertiary/aromatic N) is 1. The van der Waals surface area contributed by atoms with Gasteiger partial charge in [0.15, 0.2) is 0 Å². The van der Waals surface area contributed by atoms with Crippen LogP contribution in [0.25, 0.3) is 0 Å². The van der Waals surface area contributed by atoms with Crippen LogP contribution < -0.4 is 0 Å². The second-order valence-corrected chi connectivity index (χ2v) is 9.77. The van der Waals surface area contributed by atoms with Gasteiger partial charge in [0.25, 0.3) is 0 Å². The van der Waals surface area contributed by atoms with Gasteiger partial charge in [0.2, 0.25) is 0 Å². The Kier molecular flexibility index (Phi) is 10.3. The van der Waals surface area contributed by atoms with Crippen molar-refractivity contribution in [1.82, 2.24) is 4.98 Å². The van der Waals surface area contributed by atoms with Gasteiger partial charge in [-0.1, -0.05) is 47.6 Å². The highest BCUT2D eigenvalue weighted by atomic mass is 16.6. The Morgan fingerprint density at radius 2 is 1.66 bits per heavy atom. The number of hydrogen-bond acceptors (Lipinski definition) is 6. The Balaban J connectivity index is 0.000000291. The number of rotatable bonds is 6. The van der Waals surface area contributed by atoms with Crippen LogP contribution in [-0.4, -0.2) is 36.2 Å². The third-order valence-electron chi connectivity index (χ3n) is 3.91. The molecule has 1 aliphatic rings. The highest BCUT2D eigenvalue weighted by Crippen LogP contribution is 2.20. The fourth-order valence-electron chi connectivity index (χ4n) is 2.57. The summed E-state index contributed by atoms with van der Waals surface area (Å²) in [5.74, 6) is -0.291. The summed E-state index contributed by atoms with van der Waals surface area (Å²) >= 11 is 0. The molecular weight excluding hydrogens is 370 g/mol. The molecule has 0 amide bonds. The lowest BCUT2D eigenvalue weighted by atomic mass is 9.92. The molecule has 0 bridgehead atoms. The van der Waals surface area contributed by atoms with E-state index in [1.165, 1.54) is 0 Å². The highest BCUT2D eigenvalue weighted by Gasteiger charge is 2.21. The van der Waals surface area contributed by atoms with Crippen LogP contribution in [0, 0.1) is 10.8 Å². The second-order valence-electron chi connectivity index (χ2n) is 9.77. The van der Waals surface area contributed by atoms with Gasteiger partial charge in [-0.05, 0) is 35.8 Å². The van der Waals surface area contributed by atoms with Gasteiger partial charge in [0.1, 0.15) is 13.2 Å². The van der Waals surface area contributed by atoms with Crippen molar-refractivity contribution in [3.8, 4) is 0 Å². The zero-order valence-electron chi connectivity index (χ0n) is 18.8. The summed E-state index contributed by atoms with van der Waals surface area (Å²) in [4.78, 5) is 26.8. The monoisotopic (exact) mass is 407 g/mol. The van der Waals surface area contributed by atoms with Crippen LogP contribution >= 0.6 is 0 Å². The van der Waals surface area contributed by atoms with E-state index in [-0.39, 0.29) is 35.5 Å². The Bertz CT molecular complexity index is 610. The van der Waals surface area contributed by atoms with Gasteiger partial charge in [-0.15, -0.1) is 0 Å². The molecule has 0 N–H and O–H groups in total. The Morgan fingerprint density at radius 3 is 2.14 bits per heavy atom. The molecule has 1 unspecified atom stereocenters. The zero-order valence-corrected chi connectivity index (χ0v) is 18.8. The first kappa shape index (κ1) is 25.1. The molecule has 164 valence electrons. The zero-order chi connectivity index (χ0) is 21.9. The first-order valence-corrected chi connectivity index (χ1v) is 10.3. The average Bonchev–Trinajstić information content (AvgIpc) is 3.10. The molecule has 0 radical (unpaired) electrons. The Morgan fingerprint density at radius 1 is 1.03 bits per heavy atom. The third kappa shape index (κ3) is 13.8. The molecule has 2 rings (SSSR count). The van der Waals surface area contributed by atoms with Gasteiger partial charge in [-0.3, -0.25) is 14.6 Å². The molecule has 0 aliphatic carbocycles. The summed E-state index contributed by atoms with van der Waals surface area (Å²) in [7, 11) is 0. The average molecular weight is 408 g/mol. The normalized spacial score (nSPS) is 16.6. The summed E-state index contributed by atoms with van der Waals surface area (Å²) in [5, 5.41) is 0. The minimum atomic E-state index is -0.173. The lowest BCUT2D eigenvalue weighted by Crippen LogP contribution is -2.21. The first-order valence-electron chi connectivity index (χ1n) is 10.3. The van der Waals surface area contributed by atoms with E-state index in [2.05, 4.69) is 4.98 Å². The van der Waals surface area contributed by atoms with E-state index in [9.17, 15) is 9.59 Å². The number of aromatic nitrogens is 1. The van der Waals surface area contributed by atoms with Crippen molar-refractivity contribution in [3.63, 3.8) is 0 Å². The molecule has 1 aromatic heterocycles. The molecule has 1 aliphatic heterocycles. The van der Waals surface area contributed by atoms with Gasteiger partial charge in [-0.2, -0.15) is 0 Å². The van der Waals surface area contributed by atoms with Gasteiger partial charge in [0.05, 0.1) is 24.6 Å². The van der Waals surface area contributed by atoms with Crippen molar-refractivity contribution in [1.29, 1.82) is 0 Å². The molecule has 1 saturated heterocycles. The van der Waals surface area contributed by atoms with Crippen molar-refractivity contribution in [3.05, 3.63) is 30.1 Å². The highest BCUT2D eigenvalue weighted by molar-refractivity contribution is 5.70. The largest absolute Gasteiger partial charge is 0.463 e. The minimum absolute atomic E-state index is 0.00756. The molecule has 6 nitrogen and oxygen atoms in total. The molecule has 1 atom stereocenters. The summed E-state index contributed by atoms with van der Waals surface area (Å²) in [5.41, 5.74) is 0.759. The molecule has 1 aromatic rings. The quantitative estimate of drug-likeness (QED) is 0.636. The van der Waals surface area contributed by atoms with E-state index in [0.717, 1.165) is 25.1 Å². The van der Waals surface area contributed by atoms with Crippen molar-refractivity contribution in [2.75, 3.05) is 13.2 Å². The number of pyridine rings is 1. The van der Waals surface area contributed by atoms with Crippen LogP contribution in [0.15, 0.2) is 24.4 Å². The number of ether oxygens (including phenoxy) is 3. The number of carbonyl (C=O) groups is 2. The molecule has 0 saturated carbocycles. The predicted molar refractivity (Wildman–Crippen MR) is 112 cm³/mol. The number of esters is 2. The van der Waals surface area contributed by atoms with E-state index in [0.29, 0.717) is 19.4 Å². The van der Waals surface area contributed by atoms with Gasteiger partial charge in [0, 0.05) is 12.8 Å². The number of hydrogen-bond donors (Lipinski definition) is 0. The van der Waals surface area contributed by atoms with Crippen LogP contribution in [0.5, 0.6) is 0 Å². The van der Waals surface area contributed by atoms with Crippen LogP contribution in [0.4, 0.5) is 0 Å². The van der Waals surface area contributed by atoms with Gasteiger partial charge < -0.3 is 14.2 Å². The first-order chi connectivity index (χ1) is 13.4. The summed E-state index contributed by atoms with van der Waals surface area (Å²) in [6, 6.07) is 5.55. The summed E-state index contributed by atoms with van der Waals surface area (Å²) in [6.07, 6.45) is 4.83. The molecule has 29 heavy (non-hydrogen) atoms. The maximum Gasteiger partial charge on any atom is 0.306 e. The topological polar surface area (TPSA) is 74.7 Å². The molecule has 0 spiro atoms. The maximum atomic E-state index is 11.4. The van der Waals surface area contributed by atoms with Crippen LogP contribution in [-0.2, 0) is 30.4 Å². The van der Waals surface area contributed by atoms with E-state index in [1.807, 2.05) is 59.7 Å². The summed E-state index contributed by atoms with van der Waals surface area (Å²) < 4.78 is 15.6. The van der Waals surface area contributed by atoms with Gasteiger partial charge in [-0.25, -0.2) is 0 Å².